The number of ether oxygens (including phenoxy) is 1. The van der Waals surface area contributed by atoms with E-state index in [1.807, 2.05) is 91.0 Å². The first-order valence-electron chi connectivity index (χ1n) is 8.88. The van der Waals surface area contributed by atoms with Crippen molar-refractivity contribution in [3.05, 3.63) is 91.0 Å². The van der Waals surface area contributed by atoms with Gasteiger partial charge >= 0.3 is 0 Å². The number of aromatic nitrogens is 1. The number of anilines is 1. The van der Waals surface area contributed by atoms with E-state index in [0.29, 0.717) is 11.4 Å². The minimum absolute atomic E-state index is 0.107. The fraction of sp³-hybridized carbons (Fsp3) is 0.0435. The molecule has 0 radical (unpaired) electrons. The number of nitrogens with one attached hydrogen (secondary N) is 1. The van der Waals surface area contributed by atoms with Crippen LogP contribution in [0.15, 0.2) is 96.0 Å². The number of amides is 1. The molecule has 1 aromatic heterocycles. The lowest BCUT2D eigenvalue weighted by Gasteiger charge is -2.12. The number of para-hydroxylation sites is 4. The van der Waals surface area contributed by atoms with Gasteiger partial charge in [0.2, 0.25) is 5.91 Å². The van der Waals surface area contributed by atoms with Gasteiger partial charge in [-0.2, -0.15) is 0 Å². The van der Waals surface area contributed by atoms with E-state index in [4.69, 9.17) is 4.74 Å². The van der Waals surface area contributed by atoms with E-state index >= 15 is 0 Å². The fourth-order valence-electron chi connectivity index (χ4n) is 2.73. The highest BCUT2D eigenvalue weighted by Crippen LogP contribution is 2.29. The van der Waals surface area contributed by atoms with Gasteiger partial charge in [0.25, 0.3) is 0 Å². The second-order valence-corrected chi connectivity index (χ2v) is 7.09. The van der Waals surface area contributed by atoms with Gasteiger partial charge in [-0.25, -0.2) is 4.98 Å². The normalized spacial score (nSPS) is 10.6. The molecule has 0 unspecified atom stereocenters. The number of carbonyl (C=O) groups is 1. The summed E-state index contributed by atoms with van der Waals surface area (Å²) in [6.07, 6.45) is 0. The van der Waals surface area contributed by atoms with Gasteiger partial charge in [-0.05, 0) is 36.4 Å². The highest BCUT2D eigenvalue weighted by molar-refractivity contribution is 7.99. The van der Waals surface area contributed by atoms with Crippen LogP contribution in [0.1, 0.15) is 0 Å². The van der Waals surface area contributed by atoms with E-state index in [1.54, 1.807) is 0 Å². The van der Waals surface area contributed by atoms with Crippen molar-refractivity contribution in [1.29, 1.82) is 0 Å². The van der Waals surface area contributed by atoms with Crippen molar-refractivity contribution in [2.45, 2.75) is 5.03 Å². The first-order valence-corrected chi connectivity index (χ1v) is 9.87. The summed E-state index contributed by atoms with van der Waals surface area (Å²) in [5.41, 5.74) is 1.57. The van der Waals surface area contributed by atoms with Crippen LogP contribution in [0, 0.1) is 0 Å². The fourth-order valence-corrected chi connectivity index (χ4v) is 3.41. The molecule has 0 fully saturated rings. The molecule has 0 saturated heterocycles. The van der Waals surface area contributed by atoms with Gasteiger partial charge in [0, 0.05) is 5.39 Å². The van der Waals surface area contributed by atoms with Gasteiger partial charge in [-0.15, -0.1) is 0 Å². The summed E-state index contributed by atoms with van der Waals surface area (Å²) in [5.74, 6) is 1.49. The number of pyridine rings is 1. The van der Waals surface area contributed by atoms with Crippen molar-refractivity contribution in [2.75, 3.05) is 11.1 Å². The second-order valence-electron chi connectivity index (χ2n) is 6.09. The molecule has 1 heterocycles. The summed E-state index contributed by atoms with van der Waals surface area (Å²) in [6, 6.07) is 28.8. The molecule has 4 aromatic rings. The van der Waals surface area contributed by atoms with Crippen LogP contribution in [0.5, 0.6) is 11.5 Å². The summed E-state index contributed by atoms with van der Waals surface area (Å²) in [7, 11) is 0. The molecule has 0 aliphatic heterocycles. The summed E-state index contributed by atoms with van der Waals surface area (Å²) in [5, 5.41) is 4.83. The number of rotatable bonds is 6. The Morgan fingerprint density at radius 3 is 2.50 bits per heavy atom. The molecule has 28 heavy (non-hydrogen) atoms. The number of carbonyl (C=O) groups excluding carboxylic acids is 1. The predicted octanol–water partition coefficient (Wildman–Crippen LogP) is 5.76. The maximum atomic E-state index is 12.4. The van der Waals surface area contributed by atoms with Crippen LogP contribution in [-0.2, 0) is 4.79 Å². The quantitative estimate of drug-likeness (QED) is 0.428. The van der Waals surface area contributed by atoms with E-state index in [9.17, 15) is 4.79 Å². The minimum Gasteiger partial charge on any atom is -0.455 e. The molecule has 1 amide bonds. The molecular weight excluding hydrogens is 368 g/mol. The van der Waals surface area contributed by atoms with Crippen LogP contribution in [0.4, 0.5) is 5.69 Å². The number of nitrogens with zero attached hydrogens (tertiary/aromatic N) is 1. The molecule has 0 bridgehead atoms. The van der Waals surface area contributed by atoms with E-state index in [2.05, 4.69) is 10.3 Å². The van der Waals surface area contributed by atoms with Crippen LogP contribution in [-0.4, -0.2) is 16.6 Å². The zero-order valence-electron chi connectivity index (χ0n) is 15.0. The molecule has 4 rings (SSSR count). The summed E-state index contributed by atoms with van der Waals surface area (Å²) < 4.78 is 5.89. The largest absolute Gasteiger partial charge is 0.455 e. The predicted molar refractivity (Wildman–Crippen MR) is 114 cm³/mol. The van der Waals surface area contributed by atoms with E-state index in [-0.39, 0.29) is 11.7 Å². The summed E-state index contributed by atoms with van der Waals surface area (Å²) >= 11 is 1.41. The molecule has 0 spiro atoms. The molecule has 0 atom stereocenters. The van der Waals surface area contributed by atoms with Crippen molar-refractivity contribution < 1.29 is 9.53 Å². The van der Waals surface area contributed by atoms with Crippen molar-refractivity contribution in [3.63, 3.8) is 0 Å². The monoisotopic (exact) mass is 386 g/mol. The molecule has 0 aliphatic rings. The average Bonchev–Trinajstić information content (AvgIpc) is 2.74. The zero-order valence-corrected chi connectivity index (χ0v) is 15.9. The van der Waals surface area contributed by atoms with Gasteiger partial charge in [0.05, 0.1) is 22.0 Å². The van der Waals surface area contributed by atoms with Crippen LogP contribution in [0.2, 0.25) is 0 Å². The molecule has 5 heteroatoms. The standard InChI is InChI=1S/C23H18N2O2S/c26-22(16-28-23-15-14-17-8-4-5-11-19(17)25-23)24-20-12-6-7-13-21(20)27-18-9-2-1-3-10-18/h1-15H,16H2,(H,24,26). The van der Waals surface area contributed by atoms with Crippen LogP contribution >= 0.6 is 11.8 Å². The zero-order chi connectivity index (χ0) is 19.2. The van der Waals surface area contributed by atoms with E-state index in [0.717, 1.165) is 21.7 Å². The third-order valence-electron chi connectivity index (χ3n) is 4.06. The Balaban J connectivity index is 1.41. The van der Waals surface area contributed by atoms with Gasteiger partial charge < -0.3 is 10.1 Å². The number of benzene rings is 3. The maximum absolute atomic E-state index is 12.4. The SMILES string of the molecule is O=C(CSc1ccc2ccccc2n1)Nc1ccccc1Oc1ccccc1. The lowest BCUT2D eigenvalue weighted by molar-refractivity contribution is -0.113. The lowest BCUT2D eigenvalue weighted by atomic mass is 10.2. The van der Waals surface area contributed by atoms with Crippen LogP contribution in [0.3, 0.4) is 0 Å². The van der Waals surface area contributed by atoms with Crippen molar-refractivity contribution >= 4 is 34.3 Å². The number of hydrogen-bond acceptors (Lipinski definition) is 4. The average molecular weight is 386 g/mol. The first-order chi connectivity index (χ1) is 13.8. The molecule has 4 nitrogen and oxygen atoms in total. The van der Waals surface area contributed by atoms with Crippen molar-refractivity contribution in [2.24, 2.45) is 0 Å². The van der Waals surface area contributed by atoms with E-state index < -0.39 is 0 Å². The molecule has 0 aliphatic carbocycles. The van der Waals surface area contributed by atoms with Gasteiger partial charge in [0.15, 0.2) is 5.75 Å². The Kier molecular flexibility index (Phi) is 5.54. The Morgan fingerprint density at radius 2 is 1.61 bits per heavy atom. The van der Waals surface area contributed by atoms with Crippen LogP contribution in [0.25, 0.3) is 10.9 Å². The van der Waals surface area contributed by atoms with Gasteiger partial charge in [0.1, 0.15) is 5.75 Å². The maximum Gasteiger partial charge on any atom is 0.234 e. The highest BCUT2D eigenvalue weighted by atomic mass is 32.2. The third kappa shape index (κ3) is 4.50. The smallest absolute Gasteiger partial charge is 0.234 e. The Hall–Kier alpha value is -3.31. The molecular formula is C23H18N2O2S. The third-order valence-corrected chi connectivity index (χ3v) is 4.99. The van der Waals surface area contributed by atoms with E-state index in [1.165, 1.54) is 11.8 Å². The number of fused-ring (bicyclic) bond motifs is 1. The lowest BCUT2D eigenvalue weighted by Crippen LogP contribution is -2.14. The molecule has 138 valence electrons. The van der Waals surface area contributed by atoms with Gasteiger partial charge in [-0.1, -0.05) is 66.4 Å². The number of hydrogen-bond donors (Lipinski definition) is 1. The highest BCUT2D eigenvalue weighted by Gasteiger charge is 2.10. The molecule has 3 aromatic carbocycles. The number of thioether (sulfide) groups is 1. The van der Waals surface area contributed by atoms with Crippen molar-refractivity contribution in [1.82, 2.24) is 4.98 Å². The topological polar surface area (TPSA) is 51.2 Å². The first kappa shape index (κ1) is 18.1. The van der Waals surface area contributed by atoms with Crippen LogP contribution < -0.4 is 10.1 Å². The van der Waals surface area contributed by atoms with Gasteiger partial charge in [-0.3, -0.25) is 4.79 Å². The minimum atomic E-state index is -0.107. The Bertz CT molecular complexity index is 1100. The Labute approximate surface area is 167 Å². The second kappa shape index (κ2) is 8.59. The molecule has 1 N–H and O–H groups in total. The van der Waals surface area contributed by atoms with Crippen molar-refractivity contribution in [3.8, 4) is 11.5 Å². The summed E-state index contributed by atoms with van der Waals surface area (Å²) in [4.78, 5) is 17.0. The summed E-state index contributed by atoms with van der Waals surface area (Å²) in [6.45, 7) is 0. The molecule has 0 saturated carbocycles. The Morgan fingerprint density at radius 1 is 0.857 bits per heavy atom.